The Hall–Kier alpha value is -1.40. The molecule has 150 valence electrons. The molecular formula is C21H32N2O3S. The van der Waals surface area contributed by atoms with E-state index >= 15 is 0 Å². The summed E-state index contributed by atoms with van der Waals surface area (Å²) in [4.78, 5) is 15.0. The minimum Gasteiger partial charge on any atom is -0.339 e. The van der Waals surface area contributed by atoms with Crippen LogP contribution >= 0.6 is 0 Å². The summed E-state index contributed by atoms with van der Waals surface area (Å²) in [6, 6.07) is 6.61. The highest BCUT2D eigenvalue weighted by atomic mass is 32.2. The second-order valence-electron chi connectivity index (χ2n) is 7.90. The molecule has 0 atom stereocenters. The second kappa shape index (κ2) is 9.20. The summed E-state index contributed by atoms with van der Waals surface area (Å²) in [6.07, 6.45) is 10.9. The van der Waals surface area contributed by atoms with Gasteiger partial charge in [0.2, 0.25) is 10.0 Å². The average molecular weight is 393 g/mol. The van der Waals surface area contributed by atoms with Crippen LogP contribution in [-0.2, 0) is 10.0 Å². The molecule has 0 aromatic heterocycles. The van der Waals surface area contributed by atoms with Crippen LogP contribution in [-0.4, -0.2) is 49.7 Å². The Kier molecular flexibility index (Phi) is 6.93. The van der Waals surface area contributed by atoms with Gasteiger partial charge in [0.25, 0.3) is 5.91 Å². The van der Waals surface area contributed by atoms with E-state index in [0.717, 1.165) is 51.6 Å². The monoisotopic (exact) mass is 392 g/mol. The molecule has 3 rings (SSSR count). The van der Waals surface area contributed by atoms with Gasteiger partial charge in [-0.2, -0.15) is 4.31 Å². The van der Waals surface area contributed by atoms with Crippen molar-refractivity contribution in [2.75, 3.05) is 20.1 Å². The highest BCUT2D eigenvalue weighted by Gasteiger charge is 2.29. The van der Waals surface area contributed by atoms with Crippen LogP contribution < -0.4 is 0 Å². The number of rotatable bonds is 4. The summed E-state index contributed by atoms with van der Waals surface area (Å²) in [5.41, 5.74) is 0.579. The number of carbonyl (C=O) groups is 1. The van der Waals surface area contributed by atoms with E-state index in [0.29, 0.717) is 5.56 Å². The van der Waals surface area contributed by atoms with Crippen LogP contribution in [0.4, 0.5) is 0 Å². The van der Waals surface area contributed by atoms with Gasteiger partial charge < -0.3 is 4.90 Å². The minimum atomic E-state index is -3.51. The maximum absolute atomic E-state index is 12.9. The maximum atomic E-state index is 12.9. The lowest BCUT2D eigenvalue weighted by atomic mass is 9.96. The lowest BCUT2D eigenvalue weighted by Gasteiger charge is -2.30. The van der Waals surface area contributed by atoms with E-state index < -0.39 is 10.0 Å². The first-order chi connectivity index (χ1) is 13.0. The fourth-order valence-electron chi connectivity index (χ4n) is 4.21. The fraction of sp³-hybridized carbons (Fsp3) is 0.667. The number of nitrogens with zero attached hydrogens (tertiary/aromatic N) is 2. The Labute approximate surface area is 163 Å². The first kappa shape index (κ1) is 20.3. The first-order valence-electron chi connectivity index (χ1n) is 10.4. The number of benzene rings is 1. The van der Waals surface area contributed by atoms with Gasteiger partial charge in [0.1, 0.15) is 0 Å². The largest absolute Gasteiger partial charge is 0.339 e. The van der Waals surface area contributed by atoms with E-state index in [9.17, 15) is 13.2 Å². The molecule has 1 aliphatic carbocycles. The SMILES string of the molecule is CN(C1CCCCC1)S(=O)(=O)c1ccc(C(=O)N2CCCCCCC2)cc1. The van der Waals surface area contributed by atoms with Crippen LogP contribution in [0.2, 0.25) is 0 Å². The zero-order chi connectivity index (χ0) is 19.3. The van der Waals surface area contributed by atoms with Gasteiger partial charge in [-0.15, -0.1) is 0 Å². The number of hydrogen-bond acceptors (Lipinski definition) is 3. The van der Waals surface area contributed by atoms with E-state index in [-0.39, 0.29) is 16.8 Å². The van der Waals surface area contributed by atoms with Gasteiger partial charge in [-0.25, -0.2) is 8.42 Å². The average Bonchev–Trinajstić information content (AvgIpc) is 2.67. The predicted octanol–water partition coefficient (Wildman–Crippen LogP) is 4.05. The summed E-state index contributed by atoms with van der Waals surface area (Å²) < 4.78 is 27.4. The molecule has 2 aliphatic rings. The van der Waals surface area contributed by atoms with Crippen LogP contribution in [0.25, 0.3) is 0 Å². The number of amides is 1. The van der Waals surface area contributed by atoms with Crippen molar-refractivity contribution in [1.82, 2.24) is 9.21 Å². The fourth-order valence-corrected chi connectivity index (χ4v) is 5.63. The van der Waals surface area contributed by atoms with Crippen molar-refractivity contribution in [2.24, 2.45) is 0 Å². The molecule has 1 aromatic rings. The van der Waals surface area contributed by atoms with Crippen molar-refractivity contribution in [3.8, 4) is 0 Å². The molecule has 6 heteroatoms. The summed E-state index contributed by atoms with van der Waals surface area (Å²) >= 11 is 0. The summed E-state index contributed by atoms with van der Waals surface area (Å²) in [5, 5.41) is 0. The highest BCUT2D eigenvalue weighted by molar-refractivity contribution is 7.89. The van der Waals surface area contributed by atoms with Gasteiger partial charge in [-0.05, 0) is 49.9 Å². The standard InChI is InChI=1S/C21H32N2O3S/c1-22(19-10-6-5-7-11-19)27(25,26)20-14-12-18(13-15-20)21(24)23-16-8-3-2-4-9-17-23/h12-15,19H,2-11,16-17H2,1H3. The third-order valence-corrected chi connectivity index (χ3v) is 7.93. The molecule has 1 saturated heterocycles. The van der Waals surface area contributed by atoms with Crippen LogP contribution in [0, 0.1) is 0 Å². The molecule has 0 radical (unpaired) electrons. The molecule has 0 unspecified atom stereocenters. The van der Waals surface area contributed by atoms with Gasteiger partial charge in [0.15, 0.2) is 0 Å². The van der Waals surface area contributed by atoms with Gasteiger partial charge in [0.05, 0.1) is 4.90 Å². The second-order valence-corrected chi connectivity index (χ2v) is 9.89. The van der Waals surface area contributed by atoms with Crippen molar-refractivity contribution in [3.05, 3.63) is 29.8 Å². The number of hydrogen-bond donors (Lipinski definition) is 0. The van der Waals surface area contributed by atoms with Crippen molar-refractivity contribution >= 4 is 15.9 Å². The Morgan fingerprint density at radius 2 is 1.41 bits per heavy atom. The molecule has 1 aromatic carbocycles. The maximum Gasteiger partial charge on any atom is 0.253 e. The number of likely N-dealkylation sites (tertiary alicyclic amines) is 1. The normalized spacial score (nSPS) is 20.3. The van der Waals surface area contributed by atoms with E-state index in [1.54, 1.807) is 31.3 Å². The predicted molar refractivity (Wildman–Crippen MR) is 107 cm³/mol. The first-order valence-corrected chi connectivity index (χ1v) is 11.8. The zero-order valence-electron chi connectivity index (χ0n) is 16.4. The van der Waals surface area contributed by atoms with Gasteiger partial charge in [-0.1, -0.05) is 38.5 Å². The highest BCUT2D eigenvalue weighted by Crippen LogP contribution is 2.26. The molecule has 0 bridgehead atoms. The third-order valence-electron chi connectivity index (χ3n) is 6.01. The lowest BCUT2D eigenvalue weighted by molar-refractivity contribution is 0.0742. The van der Waals surface area contributed by atoms with Gasteiger partial charge in [-0.3, -0.25) is 4.79 Å². The smallest absolute Gasteiger partial charge is 0.253 e. The quantitative estimate of drug-likeness (QED) is 0.777. The molecule has 1 amide bonds. The molecule has 0 spiro atoms. The zero-order valence-corrected chi connectivity index (χ0v) is 17.2. The van der Waals surface area contributed by atoms with E-state index in [1.807, 2.05) is 4.90 Å². The molecule has 27 heavy (non-hydrogen) atoms. The molecule has 2 fully saturated rings. The van der Waals surface area contributed by atoms with Crippen molar-refractivity contribution in [2.45, 2.75) is 75.1 Å². The lowest BCUT2D eigenvalue weighted by Crippen LogP contribution is -2.38. The van der Waals surface area contributed by atoms with Crippen LogP contribution in [0.1, 0.15) is 74.6 Å². The van der Waals surface area contributed by atoms with Crippen molar-refractivity contribution in [3.63, 3.8) is 0 Å². The molecular weight excluding hydrogens is 360 g/mol. The summed E-state index contributed by atoms with van der Waals surface area (Å²) in [6.45, 7) is 1.59. The summed E-state index contributed by atoms with van der Waals surface area (Å²) in [7, 11) is -1.82. The third kappa shape index (κ3) is 4.91. The Balaban J connectivity index is 1.70. The number of carbonyl (C=O) groups excluding carboxylic acids is 1. The van der Waals surface area contributed by atoms with E-state index in [4.69, 9.17) is 0 Å². The molecule has 1 heterocycles. The van der Waals surface area contributed by atoms with Crippen LogP contribution in [0.3, 0.4) is 0 Å². The van der Waals surface area contributed by atoms with Gasteiger partial charge >= 0.3 is 0 Å². The van der Waals surface area contributed by atoms with Crippen molar-refractivity contribution < 1.29 is 13.2 Å². The molecule has 1 aliphatic heterocycles. The van der Waals surface area contributed by atoms with Crippen LogP contribution in [0.15, 0.2) is 29.2 Å². The van der Waals surface area contributed by atoms with Crippen molar-refractivity contribution in [1.29, 1.82) is 0 Å². The van der Waals surface area contributed by atoms with E-state index in [1.165, 1.54) is 30.0 Å². The Morgan fingerprint density at radius 1 is 0.889 bits per heavy atom. The topological polar surface area (TPSA) is 57.7 Å². The van der Waals surface area contributed by atoms with Crippen LogP contribution in [0.5, 0.6) is 0 Å². The number of sulfonamides is 1. The summed E-state index contributed by atoms with van der Waals surface area (Å²) in [5.74, 6) is 0.0153. The Morgan fingerprint density at radius 3 is 2.00 bits per heavy atom. The van der Waals surface area contributed by atoms with Gasteiger partial charge in [0, 0.05) is 31.7 Å². The molecule has 1 saturated carbocycles. The minimum absolute atomic E-state index is 0.0153. The Bertz CT molecular complexity index is 716. The molecule has 5 nitrogen and oxygen atoms in total. The van der Waals surface area contributed by atoms with E-state index in [2.05, 4.69) is 0 Å². The molecule has 0 N–H and O–H groups in total.